The summed E-state index contributed by atoms with van der Waals surface area (Å²) in [6.07, 6.45) is 1.41. The van der Waals surface area contributed by atoms with Gasteiger partial charge in [-0.1, -0.05) is 6.08 Å². The summed E-state index contributed by atoms with van der Waals surface area (Å²) in [6, 6.07) is 0.0242. The highest BCUT2D eigenvalue weighted by Gasteiger charge is 2.31. The fourth-order valence-corrected chi connectivity index (χ4v) is 2.83. The van der Waals surface area contributed by atoms with Crippen molar-refractivity contribution in [1.82, 2.24) is 9.97 Å². The summed E-state index contributed by atoms with van der Waals surface area (Å²) in [5.41, 5.74) is 5.52. The van der Waals surface area contributed by atoms with E-state index >= 15 is 0 Å². The molecule has 0 aliphatic heterocycles. The van der Waals surface area contributed by atoms with E-state index in [1.54, 1.807) is 6.08 Å². The number of anilines is 2. The Bertz CT molecular complexity index is 646. The molecule has 150 valence electrons. The van der Waals surface area contributed by atoms with Gasteiger partial charge in [0.15, 0.2) is 0 Å². The van der Waals surface area contributed by atoms with Gasteiger partial charge in [-0.05, 0) is 32.1 Å². The average molecular weight is 387 g/mol. The van der Waals surface area contributed by atoms with E-state index in [1.807, 2.05) is 0 Å². The first-order chi connectivity index (χ1) is 12.8. The number of nitrogens with one attached hydrogen (secondary N) is 2. The van der Waals surface area contributed by atoms with E-state index in [4.69, 9.17) is 10.5 Å². The Morgan fingerprint density at radius 1 is 1.37 bits per heavy atom. The van der Waals surface area contributed by atoms with E-state index in [2.05, 4.69) is 27.2 Å². The van der Waals surface area contributed by atoms with Crippen LogP contribution in [0.5, 0.6) is 0 Å². The molecule has 1 aromatic rings. The molecule has 1 aromatic heterocycles. The van der Waals surface area contributed by atoms with Crippen molar-refractivity contribution in [3.05, 3.63) is 24.4 Å². The van der Waals surface area contributed by atoms with Crippen molar-refractivity contribution < 1.29 is 22.7 Å². The quantitative estimate of drug-likeness (QED) is 0.445. The Kier molecular flexibility index (Phi) is 7.40. The largest absolute Gasteiger partial charge is 0.411 e. The first-order valence-electron chi connectivity index (χ1n) is 8.75. The number of ether oxygens (including phenoxy) is 1. The number of primary amides is 1. The molecule has 1 fully saturated rings. The Morgan fingerprint density at radius 3 is 2.67 bits per heavy atom. The van der Waals surface area contributed by atoms with Crippen LogP contribution >= 0.6 is 0 Å². The maximum absolute atomic E-state index is 12.2. The number of hydrogen-bond acceptors (Lipinski definition) is 6. The molecule has 1 saturated carbocycles. The van der Waals surface area contributed by atoms with Crippen molar-refractivity contribution in [1.29, 1.82) is 0 Å². The topological polar surface area (TPSA) is 102 Å². The van der Waals surface area contributed by atoms with Crippen LogP contribution in [0.4, 0.5) is 24.9 Å². The Labute approximate surface area is 155 Å². The molecule has 0 radical (unpaired) electrons. The number of aromatic nitrogens is 2. The number of carbonyl (C=O) groups is 1. The van der Waals surface area contributed by atoms with Gasteiger partial charge in [0.1, 0.15) is 12.4 Å². The third-order valence-electron chi connectivity index (χ3n) is 4.19. The summed E-state index contributed by atoms with van der Waals surface area (Å²) < 4.78 is 41.6. The first kappa shape index (κ1) is 20.9. The van der Waals surface area contributed by atoms with Crippen molar-refractivity contribution in [2.75, 3.05) is 23.8 Å². The van der Waals surface area contributed by atoms with Crippen LogP contribution in [0.25, 0.3) is 0 Å². The SMILES string of the molecule is C=CCCNc1nc(NC2CCC(OCC(F)(F)F)CC2)ncc1C(N)=O. The predicted molar refractivity (Wildman–Crippen MR) is 95.5 cm³/mol. The minimum absolute atomic E-state index is 0.0242. The number of alkyl halides is 3. The highest BCUT2D eigenvalue weighted by Crippen LogP contribution is 2.26. The predicted octanol–water partition coefficient (Wildman–Crippen LogP) is 2.87. The molecule has 1 aliphatic carbocycles. The van der Waals surface area contributed by atoms with E-state index < -0.39 is 18.7 Å². The zero-order chi connectivity index (χ0) is 19.9. The monoisotopic (exact) mass is 387 g/mol. The molecule has 0 atom stereocenters. The molecule has 0 aromatic carbocycles. The van der Waals surface area contributed by atoms with Crippen LogP contribution in [0.1, 0.15) is 42.5 Å². The molecule has 0 unspecified atom stereocenters. The van der Waals surface area contributed by atoms with Crippen molar-refractivity contribution in [3.63, 3.8) is 0 Å². The van der Waals surface area contributed by atoms with Gasteiger partial charge in [0.05, 0.1) is 11.7 Å². The molecular formula is C17H24F3N5O2. The maximum Gasteiger partial charge on any atom is 0.411 e. The van der Waals surface area contributed by atoms with Crippen LogP contribution < -0.4 is 16.4 Å². The van der Waals surface area contributed by atoms with Gasteiger partial charge < -0.3 is 21.1 Å². The van der Waals surface area contributed by atoms with Crippen LogP contribution in [0, 0.1) is 0 Å². The van der Waals surface area contributed by atoms with E-state index in [-0.39, 0.29) is 17.7 Å². The zero-order valence-electron chi connectivity index (χ0n) is 14.9. The van der Waals surface area contributed by atoms with Crippen LogP contribution in [0.2, 0.25) is 0 Å². The zero-order valence-corrected chi connectivity index (χ0v) is 14.9. The van der Waals surface area contributed by atoms with Gasteiger partial charge in [-0.25, -0.2) is 4.98 Å². The number of hydrogen-bond donors (Lipinski definition) is 3. The first-order valence-corrected chi connectivity index (χ1v) is 8.75. The van der Waals surface area contributed by atoms with E-state index in [1.165, 1.54) is 6.20 Å². The number of amides is 1. The summed E-state index contributed by atoms with van der Waals surface area (Å²) >= 11 is 0. The van der Waals surface area contributed by atoms with Crippen molar-refractivity contribution in [3.8, 4) is 0 Å². The maximum atomic E-state index is 12.2. The second-order valence-electron chi connectivity index (χ2n) is 6.37. The lowest BCUT2D eigenvalue weighted by atomic mass is 9.93. The summed E-state index contributed by atoms with van der Waals surface area (Å²) in [5, 5.41) is 6.18. The lowest BCUT2D eigenvalue weighted by molar-refractivity contribution is -0.187. The molecule has 0 bridgehead atoms. The van der Waals surface area contributed by atoms with E-state index in [0.717, 1.165) is 0 Å². The molecule has 1 aliphatic rings. The number of carbonyl (C=O) groups excluding carboxylic acids is 1. The number of halogens is 3. The molecule has 10 heteroatoms. The Hall–Kier alpha value is -2.36. The average Bonchev–Trinajstić information content (AvgIpc) is 2.61. The van der Waals surface area contributed by atoms with Crippen molar-refractivity contribution in [2.24, 2.45) is 5.73 Å². The molecule has 1 heterocycles. The van der Waals surface area contributed by atoms with Gasteiger partial charge in [0, 0.05) is 18.8 Å². The number of rotatable bonds is 9. The molecule has 2 rings (SSSR count). The van der Waals surface area contributed by atoms with Crippen LogP contribution in [-0.2, 0) is 4.74 Å². The second-order valence-corrected chi connectivity index (χ2v) is 6.37. The molecular weight excluding hydrogens is 363 g/mol. The highest BCUT2D eigenvalue weighted by molar-refractivity contribution is 5.97. The summed E-state index contributed by atoms with van der Waals surface area (Å²) in [4.78, 5) is 19.9. The molecule has 0 spiro atoms. The summed E-state index contributed by atoms with van der Waals surface area (Å²) in [6.45, 7) is 2.96. The van der Waals surface area contributed by atoms with Gasteiger partial charge in [-0.15, -0.1) is 6.58 Å². The normalized spacial score (nSPS) is 20.1. The Balaban J connectivity index is 1.91. The van der Waals surface area contributed by atoms with Crippen LogP contribution in [-0.4, -0.2) is 47.3 Å². The molecule has 27 heavy (non-hydrogen) atoms. The lowest BCUT2D eigenvalue weighted by Gasteiger charge is -2.29. The summed E-state index contributed by atoms with van der Waals surface area (Å²) in [7, 11) is 0. The fourth-order valence-electron chi connectivity index (χ4n) is 2.83. The molecule has 0 saturated heterocycles. The molecule has 7 nitrogen and oxygen atoms in total. The Morgan fingerprint density at radius 2 is 2.07 bits per heavy atom. The van der Waals surface area contributed by atoms with Gasteiger partial charge >= 0.3 is 6.18 Å². The van der Waals surface area contributed by atoms with E-state index in [9.17, 15) is 18.0 Å². The smallest absolute Gasteiger partial charge is 0.369 e. The third-order valence-corrected chi connectivity index (χ3v) is 4.19. The fraction of sp³-hybridized carbons (Fsp3) is 0.588. The van der Waals surface area contributed by atoms with E-state index in [0.29, 0.717) is 50.4 Å². The molecule has 4 N–H and O–H groups in total. The van der Waals surface area contributed by atoms with Gasteiger partial charge in [-0.3, -0.25) is 4.79 Å². The van der Waals surface area contributed by atoms with Gasteiger partial charge in [0.25, 0.3) is 5.91 Å². The highest BCUT2D eigenvalue weighted by atomic mass is 19.4. The number of nitrogens with two attached hydrogens (primary N) is 1. The summed E-state index contributed by atoms with van der Waals surface area (Å²) in [5.74, 6) is 0.0368. The molecule has 1 amide bonds. The number of nitrogens with zero attached hydrogens (tertiary/aromatic N) is 2. The minimum atomic E-state index is -4.31. The lowest BCUT2D eigenvalue weighted by Crippen LogP contribution is -2.32. The van der Waals surface area contributed by atoms with Crippen LogP contribution in [0.3, 0.4) is 0 Å². The van der Waals surface area contributed by atoms with Gasteiger partial charge in [0.2, 0.25) is 5.95 Å². The van der Waals surface area contributed by atoms with Gasteiger partial charge in [-0.2, -0.15) is 18.2 Å². The minimum Gasteiger partial charge on any atom is -0.369 e. The van der Waals surface area contributed by atoms with Crippen LogP contribution in [0.15, 0.2) is 18.9 Å². The van der Waals surface area contributed by atoms with Crippen molar-refractivity contribution >= 4 is 17.7 Å². The standard InChI is InChI=1S/C17H24F3N5O2/c1-2-3-8-22-15-13(14(21)26)9-23-16(25-15)24-11-4-6-12(7-5-11)27-10-17(18,19)20/h2,9,11-12H,1,3-8,10H2,(H2,21,26)(H2,22,23,24,25). The third kappa shape index (κ3) is 7.05. The van der Waals surface area contributed by atoms with Crippen molar-refractivity contribution in [2.45, 2.75) is 50.4 Å². The second kappa shape index (κ2) is 9.54.